The summed E-state index contributed by atoms with van der Waals surface area (Å²) in [6.07, 6.45) is 2.96. The van der Waals surface area contributed by atoms with Crippen molar-refractivity contribution in [3.05, 3.63) is 213 Å². The van der Waals surface area contributed by atoms with Crippen LogP contribution < -0.4 is 48.3 Å². The number of rotatable bonds is 16. The van der Waals surface area contributed by atoms with Crippen molar-refractivity contribution in [1.82, 2.24) is 46.9 Å². The number of amides is 11. The van der Waals surface area contributed by atoms with Crippen molar-refractivity contribution in [3.8, 4) is 33.8 Å². The molecule has 0 saturated carbocycles. The second-order valence-electron chi connectivity index (χ2n) is 19.8. The van der Waals surface area contributed by atoms with E-state index in [0.717, 1.165) is 28.7 Å². The second kappa shape index (κ2) is 37.9. The number of imide groups is 3. The number of nitrogen functional groups attached to an aromatic ring is 1. The van der Waals surface area contributed by atoms with E-state index in [1.165, 1.54) is 52.2 Å². The molecule has 0 radical (unpaired) electrons. The largest absolute Gasteiger partial charge is 1.00 e. The molecule has 0 aliphatic carbocycles. The van der Waals surface area contributed by atoms with Crippen molar-refractivity contribution in [2.45, 2.75) is 19.6 Å². The van der Waals surface area contributed by atoms with E-state index in [1.807, 2.05) is 38.9 Å². The van der Waals surface area contributed by atoms with Crippen LogP contribution in [0.15, 0.2) is 149 Å². The molecular formula is C64H51Cl7N12O14PS3-. The molecule has 3 fully saturated rings. The average Bonchev–Trinajstić information content (AvgIpc) is 1.70. The maximum atomic E-state index is 12.5. The molecule has 3 aliphatic heterocycles. The Hall–Kier alpha value is -9.30. The van der Waals surface area contributed by atoms with E-state index in [0.29, 0.717) is 96.6 Å². The summed E-state index contributed by atoms with van der Waals surface area (Å²) in [7, 11) is -3.60. The highest BCUT2D eigenvalue weighted by atomic mass is 35.5. The number of hydrogen-bond acceptors (Lipinski definition) is 21. The number of carbonyl (C=O) groups is 11. The van der Waals surface area contributed by atoms with Gasteiger partial charge in [-0.1, -0.05) is 124 Å². The Morgan fingerprint density at radius 2 is 0.980 bits per heavy atom. The molecule has 37 heteroatoms. The summed E-state index contributed by atoms with van der Waals surface area (Å²) in [5.74, 6) is -3.30. The van der Waals surface area contributed by atoms with Crippen LogP contribution in [0.5, 0.6) is 0 Å². The fourth-order valence-electron chi connectivity index (χ4n) is 7.99. The van der Waals surface area contributed by atoms with Gasteiger partial charge in [-0.25, -0.2) is 29.3 Å². The van der Waals surface area contributed by atoms with Crippen LogP contribution in [0.25, 0.3) is 39.8 Å². The number of carbonyl (C=O) groups excluding carboxylic acids is 11. The van der Waals surface area contributed by atoms with Crippen molar-refractivity contribution in [2.24, 2.45) is 0 Å². The third-order valence-corrected chi connectivity index (χ3v) is 19.6. The van der Waals surface area contributed by atoms with Crippen LogP contribution in [-0.4, -0.2) is 106 Å². The number of hydrogen-bond donors (Lipinski definition) is 9. The number of aldehydes is 2. The number of benzene rings is 6. The van der Waals surface area contributed by atoms with Gasteiger partial charge in [-0.2, -0.15) is 0 Å². The molecule has 9 aromatic rings. The summed E-state index contributed by atoms with van der Waals surface area (Å²) < 4.78 is 21.9. The van der Waals surface area contributed by atoms with E-state index < -0.39 is 48.5 Å². The van der Waals surface area contributed by atoms with Crippen molar-refractivity contribution < 1.29 is 67.8 Å². The third kappa shape index (κ3) is 23.7. The number of halogens is 7. The van der Waals surface area contributed by atoms with E-state index in [1.54, 1.807) is 117 Å². The van der Waals surface area contributed by atoms with Gasteiger partial charge in [0.15, 0.2) is 15.4 Å². The first kappa shape index (κ1) is 79.0. The summed E-state index contributed by atoms with van der Waals surface area (Å²) in [6, 6.07) is 33.2. The molecule has 3 aromatic heterocycles. The number of nitrogens with zero attached hydrogens (tertiary/aromatic N) is 3. The van der Waals surface area contributed by atoms with E-state index >= 15 is 0 Å². The quantitative estimate of drug-likeness (QED) is 0.0143. The van der Waals surface area contributed by atoms with Gasteiger partial charge in [0.05, 0.1) is 67.0 Å². The van der Waals surface area contributed by atoms with Crippen molar-refractivity contribution in [2.75, 3.05) is 36.1 Å². The fraction of sp³-hybridized carbons (Fsp3) is 0.0938. The molecule has 3 saturated heterocycles. The molecule has 3 aliphatic rings. The zero-order chi connectivity index (χ0) is 73.5. The normalized spacial score (nSPS) is 13.7. The predicted molar refractivity (Wildman–Crippen MR) is 392 cm³/mol. The maximum absolute atomic E-state index is 12.5. The number of thiazole rings is 3. The Balaban J connectivity index is 0.000000203. The van der Waals surface area contributed by atoms with Gasteiger partial charge in [0, 0.05) is 60.6 Å². The van der Waals surface area contributed by atoms with Crippen molar-refractivity contribution in [1.29, 1.82) is 0 Å². The van der Waals surface area contributed by atoms with Gasteiger partial charge in [-0.15, -0.1) is 34.0 Å². The molecule has 524 valence electrons. The first-order valence-corrected chi connectivity index (χ1v) is 35.5. The first-order chi connectivity index (χ1) is 48.2. The van der Waals surface area contributed by atoms with E-state index in [-0.39, 0.29) is 44.6 Å². The fourth-order valence-corrected chi connectivity index (χ4v) is 12.7. The van der Waals surface area contributed by atoms with Gasteiger partial charge in [0.25, 0.3) is 28.9 Å². The van der Waals surface area contributed by atoms with Crippen LogP contribution in [-0.2, 0) is 28.0 Å². The highest BCUT2D eigenvalue weighted by Crippen LogP contribution is 2.52. The first-order valence-electron chi connectivity index (χ1n) is 28.6. The van der Waals surface area contributed by atoms with Gasteiger partial charge in [-0.3, -0.25) is 69.5 Å². The molecule has 12 rings (SSSR count). The van der Waals surface area contributed by atoms with Gasteiger partial charge in [0.2, 0.25) is 11.7 Å². The monoisotopic (exact) mass is 1580 g/mol. The number of urea groups is 3. The Labute approximate surface area is 622 Å². The van der Waals surface area contributed by atoms with E-state index in [2.05, 4.69) is 46.9 Å². The molecule has 101 heavy (non-hydrogen) atoms. The van der Waals surface area contributed by atoms with E-state index in [9.17, 15) is 57.3 Å². The van der Waals surface area contributed by atoms with Crippen LogP contribution in [0.3, 0.4) is 0 Å². The van der Waals surface area contributed by atoms with Gasteiger partial charge < -0.3 is 32.2 Å². The smallest absolute Gasteiger partial charge is 0.362 e. The molecular weight excluding hydrogens is 1540 g/mol. The summed E-state index contributed by atoms with van der Waals surface area (Å²) in [6.45, 7) is 3.65. The van der Waals surface area contributed by atoms with Gasteiger partial charge in [-0.05, 0) is 110 Å². The SMILES string of the molecule is CCOP(=O)(OCC)C1NC(=O)NC1=O.Nc1nc(-c2ccc(Cl)c(Cl)c2)cs1.O=C1CNC(=O)N1.O=C1NC(=O)/C(=C/c2ccc(C(=O)Nc3nc(-c4ccc(Cl)c(Cl)c4)cs3)cc2)N1.O=Cc1ccc(C(=O)Cl)cc1.O=Cc1ccc(C(=O)Nc2nc(-c3ccc(Cl)c(Cl)c3)cs2)cc1.[H-]. The van der Waals surface area contributed by atoms with E-state index in [4.69, 9.17) is 96.0 Å². The highest BCUT2D eigenvalue weighted by Gasteiger charge is 2.47. The van der Waals surface area contributed by atoms with Crippen LogP contribution >= 0.6 is 123 Å². The molecule has 1 atom stereocenters. The highest BCUT2D eigenvalue weighted by molar-refractivity contribution is 7.55. The van der Waals surface area contributed by atoms with Gasteiger partial charge >= 0.3 is 25.7 Å². The minimum atomic E-state index is -3.60. The van der Waals surface area contributed by atoms with Gasteiger partial charge in [0.1, 0.15) is 18.3 Å². The average molecular weight is 1590 g/mol. The van der Waals surface area contributed by atoms with Crippen LogP contribution in [0.4, 0.5) is 29.8 Å². The minimum absolute atomic E-state index is 0. The standard InChI is InChI=1S/C20H12Cl2N4O3S.C17H10Cl2N2O2S.C9H6Cl2N2S.C8H5ClO2.C7H13N2O5P.C3H4N2O2.H/c21-13-6-5-12(8-14(13)22)16-9-30-20(24-16)26-17(27)11-3-1-10(2-4-11)7-15-18(28)25-19(29)23-15;18-13-6-5-12(7-14(13)19)15-9-24-17(20-15)21-16(23)11-3-1-10(8-22)2-4-11;10-6-2-1-5(3-7(6)11)8-4-14-9(12)13-8;9-8(11)7-3-1-6(5-10)2-4-7;1-3-13-15(12,14-4-2)6-5(10)8-7(11)9-6;6-2-1-4-3(7)5-2;/h1-9H,(H,24,26,27)(H2,23,25,28,29);1-9H,(H,20,21,23);1-4H,(H2,12,13);1-5H;6H,3-4H2,1-2H3,(H2,8,9,10,11);1H2,(H2,4,5,6,7);/q;;;;;;-1/b15-7-;;;;;;. The Kier molecular flexibility index (Phi) is 29.7. The lowest BCUT2D eigenvalue weighted by molar-refractivity contribution is -0.119. The minimum Gasteiger partial charge on any atom is -1.00 e. The second-order valence-corrected chi connectivity index (χ2v) is 27.3. The lowest BCUT2D eigenvalue weighted by Crippen LogP contribution is -2.30. The molecule has 0 bridgehead atoms. The molecule has 6 heterocycles. The topological polar surface area (TPSA) is 384 Å². The summed E-state index contributed by atoms with van der Waals surface area (Å²) >= 11 is 44.7. The zero-order valence-electron chi connectivity index (χ0n) is 52.7. The number of aromatic nitrogens is 3. The Morgan fingerprint density at radius 1 is 0.554 bits per heavy atom. The molecule has 0 spiro atoms. The lowest BCUT2D eigenvalue weighted by Gasteiger charge is -2.20. The van der Waals surface area contributed by atoms with Crippen molar-refractivity contribution in [3.63, 3.8) is 0 Å². The molecule has 6 aromatic carbocycles. The summed E-state index contributed by atoms with van der Waals surface area (Å²) in [5, 5.41) is 27.8. The predicted octanol–water partition coefficient (Wildman–Crippen LogP) is 14.7. The third-order valence-electron chi connectivity index (χ3n) is 12.8. The Bertz CT molecular complexity index is 4670. The number of nitrogens with two attached hydrogens (primary N) is 1. The summed E-state index contributed by atoms with van der Waals surface area (Å²) in [5.41, 5.74) is 13.4. The molecule has 1 unspecified atom stereocenters. The van der Waals surface area contributed by atoms with Crippen LogP contribution in [0.1, 0.15) is 72.6 Å². The molecule has 11 amide bonds. The van der Waals surface area contributed by atoms with Crippen LogP contribution in [0.2, 0.25) is 30.1 Å². The summed E-state index contributed by atoms with van der Waals surface area (Å²) in [4.78, 5) is 134. The van der Waals surface area contributed by atoms with Crippen LogP contribution in [0, 0.1) is 0 Å². The molecule has 10 N–H and O–H groups in total. The van der Waals surface area contributed by atoms with Crippen molar-refractivity contribution >= 4 is 210 Å². The maximum Gasteiger partial charge on any atom is 0.362 e. The number of anilines is 3. The Morgan fingerprint density at radius 3 is 1.31 bits per heavy atom. The number of nitrogens with one attached hydrogen (secondary N) is 8. The lowest BCUT2D eigenvalue weighted by atomic mass is 10.1. The molecule has 26 nitrogen and oxygen atoms in total. The zero-order valence-corrected chi connectivity index (χ0v) is 60.4.